The monoisotopic (exact) mass is 218 g/mol. The highest BCUT2D eigenvalue weighted by atomic mass is 16.5. The van der Waals surface area contributed by atoms with Crippen LogP contribution in [0.5, 0.6) is 0 Å². The van der Waals surface area contributed by atoms with Crippen molar-refractivity contribution in [2.75, 3.05) is 13.2 Å². The molecule has 1 aromatic carbocycles. The average Bonchev–Trinajstić information content (AvgIpc) is 2.91. The number of morpholine rings is 1. The maximum atomic E-state index is 5.65. The summed E-state index contributed by atoms with van der Waals surface area (Å²) in [7, 11) is 0. The molecule has 0 spiro atoms. The average molecular weight is 218 g/mol. The number of fused-ring (bicyclic) bond motifs is 2. The van der Waals surface area contributed by atoms with Gasteiger partial charge in [0, 0.05) is 25.7 Å². The number of benzene rings is 1. The van der Waals surface area contributed by atoms with Gasteiger partial charge >= 0.3 is 0 Å². The van der Waals surface area contributed by atoms with Crippen molar-refractivity contribution >= 4 is 0 Å². The lowest BCUT2D eigenvalue weighted by atomic mass is 10.1. The number of nitrogens with zero attached hydrogens (tertiary/aromatic N) is 1. The first-order valence-electron chi connectivity index (χ1n) is 5.98. The molecule has 2 unspecified atom stereocenters. The maximum absolute atomic E-state index is 5.65. The maximum Gasteiger partial charge on any atom is 0.0718 e. The summed E-state index contributed by atoms with van der Waals surface area (Å²) in [4.78, 5) is 2.53. The van der Waals surface area contributed by atoms with E-state index >= 15 is 0 Å². The third kappa shape index (κ3) is 1.86. The molecule has 0 aliphatic carbocycles. The molecule has 86 valence electrons. The molecule has 0 aromatic heterocycles. The minimum Gasteiger partial charge on any atom is -0.375 e. The van der Waals surface area contributed by atoms with E-state index < -0.39 is 0 Å². The van der Waals surface area contributed by atoms with Gasteiger partial charge in [0.1, 0.15) is 0 Å². The topological polar surface area (TPSA) is 38.5 Å². The summed E-state index contributed by atoms with van der Waals surface area (Å²) in [6.07, 6.45) is 1.71. The predicted molar refractivity (Wildman–Crippen MR) is 62.9 cm³/mol. The Morgan fingerprint density at radius 1 is 1.38 bits per heavy atom. The number of hydrogen-bond donors (Lipinski definition) is 1. The summed E-state index contributed by atoms with van der Waals surface area (Å²) in [5, 5.41) is 0. The predicted octanol–water partition coefficient (Wildman–Crippen LogP) is 1.12. The Hall–Kier alpha value is -0.900. The Morgan fingerprint density at radius 3 is 2.94 bits per heavy atom. The van der Waals surface area contributed by atoms with Crippen molar-refractivity contribution in [1.29, 1.82) is 0 Å². The van der Waals surface area contributed by atoms with Gasteiger partial charge in [-0.2, -0.15) is 0 Å². The third-order valence-corrected chi connectivity index (χ3v) is 3.63. The zero-order valence-electron chi connectivity index (χ0n) is 9.43. The first-order chi connectivity index (χ1) is 7.85. The lowest BCUT2D eigenvalue weighted by Crippen LogP contribution is -2.36. The van der Waals surface area contributed by atoms with E-state index in [0.29, 0.717) is 18.7 Å². The van der Waals surface area contributed by atoms with Crippen LogP contribution in [0.25, 0.3) is 0 Å². The lowest BCUT2D eigenvalue weighted by Gasteiger charge is -2.26. The second-order valence-corrected chi connectivity index (χ2v) is 4.80. The van der Waals surface area contributed by atoms with Gasteiger partial charge in [0.05, 0.1) is 12.7 Å². The van der Waals surface area contributed by atoms with Gasteiger partial charge in [-0.05, 0) is 17.5 Å². The van der Waals surface area contributed by atoms with E-state index in [1.807, 2.05) is 0 Å². The molecule has 2 fully saturated rings. The molecule has 0 saturated carbocycles. The normalized spacial score (nSPS) is 28.8. The van der Waals surface area contributed by atoms with Crippen LogP contribution in [0.1, 0.15) is 17.5 Å². The van der Waals surface area contributed by atoms with Crippen molar-refractivity contribution < 1.29 is 4.74 Å². The Bertz CT molecular complexity index is 380. The van der Waals surface area contributed by atoms with Gasteiger partial charge < -0.3 is 10.5 Å². The molecule has 2 saturated heterocycles. The molecular formula is C13H18N2O. The summed E-state index contributed by atoms with van der Waals surface area (Å²) in [5.74, 6) is 0. The Kier molecular flexibility index (Phi) is 2.67. The minimum absolute atomic E-state index is 0.489. The summed E-state index contributed by atoms with van der Waals surface area (Å²) in [5.41, 5.74) is 8.25. The molecule has 2 N–H and O–H groups in total. The van der Waals surface area contributed by atoms with Crippen molar-refractivity contribution in [3.63, 3.8) is 0 Å². The van der Waals surface area contributed by atoms with Crippen LogP contribution in [0, 0.1) is 0 Å². The first kappa shape index (κ1) is 10.3. The smallest absolute Gasteiger partial charge is 0.0718 e. The fourth-order valence-corrected chi connectivity index (χ4v) is 2.76. The van der Waals surface area contributed by atoms with E-state index in [2.05, 4.69) is 29.2 Å². The highest BCUT2D eigenvalue weighted by Crippen LogP contribution is 2.29. The highest BCUT2D eigenvalue weighted by Gasteiger charge is 2.38. The molecular weight excluding hydrogens is 200 g/mol. The molecule has 3 nitrogen and oxygen atoms in total. The van der Waals surface area contributed by atoms with Gasteiger partial charge in [0.2, 0.25) is 0 Å². The van der Waals surface area contributed by atoms with Gasteiger partial charge in [-0.1, -0.05) is 24.3 Å². The highest BCUT2D eigenvalue weighted by molar-refractivity contribution is 5.23. The summed E-state index contributed by atoms with van der Waals surface area (Å²) in [6, 6.07) is 9.23. The molecule has 0 radical (unpaired) electrons. The summed E-state index contributed by atoms with van der Waals surface area (Å²) < 4.78 is 5.60. The largest absolute Gasteiger partial charge is 0.375 e. The van der Waals surface area contributed by atoms with Crippen LogP contribution in [0.3, 0.4) is 0 Å². The fraction of sp³-hybridized carbons (Fsp3) is 0.538. The number of nitrogens with two attached hydrogens (primary N) is 1. The molecule has 3 heteroatoms. The number of ether oxygens (including phenoxy) is 1. The van der Waals surface area contributed by atoms with Crippen molar-refractivity contribution in [1.82, 2.24) is 4.90 Å². The molecule has 2 bridgehead atoms. The number of hydrogen-bond acceptors (Lipinski definition) is 3. The van der Waals surface area contributed by atoms with Crippen LogP contribution in [0.15, 0.2) is 24.3 Å². The van der Waals surface area contributed by atoms with Crippen LogP contribution >= 0.6 is 0 Å². The van der Waals surface area contributed by atoms with E-state index in [4.69, 9.17) is 10.5 Å². The molecule has 3 rings (SSSR count). The molecule has 0 amide bonds. The van der Waals surface area contributed by atoms with Gasteiger partial charge in [0.15, 0.2) is 0 Å². The fourth-order valence-electron chi connectivity index (χ4n) is 2.76. The van der Waals surface area contributed by atoms with E-state index in [1.165, 1.54) is 17.5 Å². The Labute approximate surface area is 96.2 Å². The van der Waals surface area contributed by atoms with Crippen LogP contribution in [-0.4, -0.2) is 30.2 Å². The van der Waals surface area contributed by atoms with Gasteiger partial charge in [-0.15, -0.1) is 0 Å². The van der Waals surface area contributed by atoms with Gasteiger partial charge in [-0.3, -0.25) is 4.90 Å². The minimum atomic E-state index is 0.489. The quantitative estimate of drug-likeness (QED) is 0.826. The van der Waals surface area contributed by atoms with Crippen LogP contribution < -0.4 is 5.73 Å². The zero-order valence-corrected chi connectivity index (χ0v) is 9.43. The number of likely N-dealkylation sites (tertiary alicyclic amines) is 1. The van der Waals surface area contributed by atoms with Gasteiger partial charge in [-0.25, -0.2) is 0 Å². The standard InChI is InChI=1S/C13H18N2O/c14-6-10-2-1-3-11(4-10)7-15-8-13-5-12(15)9-16-13/h1-4,12-13H,5-9,14H2. The summed E-state index contributed by atoms with van der Waals surface area (Å²) >= 11 is 0. The van der Waals surface area contributed by atoms with E-state index in [-0.39, 0.29) is 0 Å². The van der Waals surface area contributed by atoms with E-state index in [1.54, 1.807) is 0 Å². The SMILES string of the molecule is NCc1cccc(CN2CC3CC2CO3)c1. The van der Waals surface area contributed by atoms with Crippen molar-refractivity contribution in [3.8, 4) is 0 Å². The number of rotatable bonds is 3. The molecule has 2 atom stereocenters. The molecule has 2 aliphatic heterocycles. The Balaban J connectivity index is 1.69. The van der Waals surface area contributed by atoms with Crippen LogP contribution in [0.4, 0.5) is 0 Å². The van der Waals surface area contributed by atoms with Crippen LogP contribution in [-0.2, 0) is 17.8 Å². The van der Waals surface area contributed by atoms with E-state index in [9.17, 15) is 0 Å². The second-order valence-electron chi connectivity index (χ2n) is 4.80. The summed E-state index contributed by atoms with van der Waals surface area (Å²) in [6.45, 7) is 3.68. The second kappa shape index (κ2) is 4.17. The molecule has 2 aliphatic rings. The first-order valence-corrected chi connectivity index (χ1v) is 5.98. The van der Waals surface area contributed by atoms with Crippen molar-refractivity contribution in [2.45, 2.75) is 31.7 Å². The zero-order chi connectivity index (χ0) is 11.0. The molecule has 1 aromatic rings. The lowest BCUT2D eigenvalue weighted by molar-refractivity contribution is 0.0273. The Morgan fingerprint density at radius 2 is 2.25 bits per heavy atom. The van der Waals surface area contributed by atoms with Crippen molar-refractivity contribution in [3.05, 3.63) is 35.4 Å². The molecule has 16 heavy (non-hydrogen) atoms. The van der Waals surface area contributed by atoms with Crippen molar-refractivity contribution in [2.24, 2.45) is 5.73 Å². The van der Waals surface area contributed by atoms with Gasteiger partial charge in [0.25, 0.3) is 0 Å². The van der Waals surface area contributed by atoms with E-state index in [0.717, 1.165) is 19.7 Å². The third-order valence-electron chi connectivity index (χ3n) is 3.63. The molecule has 2 heterocycles. The van der Waals surface area contributed by atoms with Crippen LogP contribution in [0.2, 0.25) is 0 Å².